The normalized spacial score (nSPS) is 11.2. The Hall–Kier alpha value is 2.08. The van der Waals surface area contributed by atoms with Crippen molar-refractivity contribution >= 4 is 127 Å². The van der Waals surface area contributed by atoms with E-state index in [1.807, 2.05) is 0 Å². The van der Waals surface area contributed by atoms with Crippen LogP contribution in [-0.2, 0) is 18.1 Å². The molecular formula is C13H40F6N2O19Sb6. The average Bonchev–Trinajstić information content (AvgIpc) is 2.66. The summed E-state index contributed by atoms with van der Waals surface area (Å²) in [6.45, 7) is 5.95. The minimum absolute atomic E-state index is 0.0120. The monoisotopic (exact) mass is 1370 g/mol. The number of amides is 2. The summed E-state index contributed by atoms with van der Waals surface area (Å²) in [5.41, 5.74) is 0. The number of urea groups is 1. The molecule has 0 aliphatic carbocycles. The van der Waals surface area contributed by atoms with Gasteiger partial charge in [-0.05, 0) is 12.8 Å². The molecule has 0 spiro atoms. The molecule has 0 unspecified atom stereocenters. The van der Waals surface area contributed by atoms with Gasteiger partial charge in [-0.25, -0.2) is 4.79 Å². The van der Waals surface area contributed by atoms with Gasteiger partial charge in [0.25, 0.3) is 0 Å². The van der Waals surface area contributed by atoms with Gasteiger partial charge < -0.3 is 10.6 Å². The molecule has 0 aromatic carbocycles. The number of hydrogen-bond acceptors (Lipinski definition) is 7. The van der Waals surface area contributed by atoms with Gasteiger partial charge in [0.1, 0.15) is 0 Å². The fourth-order valence-corrected chi connectivity index (χ4v) is 1.55. The van der Waals surface area contributed by atoms with Crippen LogP contribution in [0.2, 0.25) is 0 Å². The van der Waals surface area contributed by atoms with Crippen LogP contribution in [0.3, 0.4) is 0 Å². The van der Waals surface area contributed by atoms with E-state index in [4.69, 9.17) is 58.7 Å². The van der Waals surface area contributed by atoms with E-state index < -0.39 is 121 Å². The molecule has 0 aliphatic heterocycles. The Kier molecular flexibility index (Phi) is 48.7. The summed E-state index contributed by atoms with van der Waals surface area (Å²) in [6, 6.07) is -0.0120. The summed E-state index contributed by atoms with van der Waals surface area (Å²) < 4.78 is 200. The molecule has 21 nitrogen and oxygen atoms in total. The molecule has 0 aliphatic rings. The summed E-state index contributed by atoms with van der Waals surface area (Å²) in [5, 5.41) is 5.73. The quantitative estimate of drug-likeness (QED) is 0.0568. The Morgan fingerprint density at radius 2 is 0.587 bits per heavy atom. The number of nitrogens with one attached hydrogen (secondary N) is 2. The molecule has 0 radical (unpaired) electrons. The van der Waals surface area contributed by atoms with Crippen LogP contribution < -0.4 is 10.6 Å². The Labute approximate surface area is 292 Å². The molecule has 2 amide bonds. The van der Waals surface area contributed by atoms with Crippen LogP contribution in [0.1, 0.15) is 65.2 Å². The van der Waals surface area contributed by atoms with Crippen LogP contribution in [0.25, 0.3) is 0 Å². The van der Waals surface area contributed by atoms with Crippen molar-refractivity contribution in [2.75, 3.05) is 13.1 Å². The molecule has 0 heterocycles. The number of rotatable bonds is 10. The predicted molar refractivity (Wildman–Crippen MR) is 142 cm³/mol. The van der Waals surface area contributed by atoms with Gasteiger partial charge in [-0.3, -0.25) is 0 Å². The van der Waals surface area contributed by atoms with Crippen molar-refractivity contribution in [3.05, 3.63) is 0 Å². The molecule has 0 rings (SSSR count). The second-order valence-electron chi connectivity index (χ2n) is 7.14. The van der Waals surface area contributed by atoms with E-state index >= 15 is 0 Å². The van der Waals surface area contributed by atoms with Crippen LogP contribution in [0, 0.1) is 0 Å². The van der Waals surface area contributed by atoms with Crippen molar-refractivity contribution in [3.63, 3.8) is 0 Å². The molecular weight excluding hydrogens is 1330 g/mol. The number of carbonyl (C=O) groups excluding carboxylic acids is 1. The van der Waals surface area contributed by atoms with Crippen LogP contribution >= 0.6 is 0 Å². The van der Waals surface area contributed by atoms with Crippen molar-refractivity contribution in [3.8, 4) is 0 Å². The van der Waals surface area contributed by atoms with E-state index in [-0.39, 0.29) is 6.03 Å². The third kappa shape index (κ3) is 362. The SMILES string of the molecule is CCCCCCCCNC(=O)NCCCC.[O]=[Sb]([OH])([OH])[F].[O]=[Sb]([OH])([OH])[F].[O]=[Sb]([OH])([OH])[F].[O]=[Sb]([OH])([OH])[F].[O]=[Sb]([OH])([OH])[F].[O]=[Sb]([OH])([OH])[F]. The molecule has 0 atom stereocenters. The summed E-state index contributed by atoms with van der Waals surface area (Å²) >= 11 is -35.1. The topological polar surface area (TPSA) is 386 Å². The minimum atomic E-state index is -5.85. The maximum atomic E-state index is 11.2. The Balaban J connectivity index is -0.0000000847. The molecule has 0 aromatic heterocycles. The van der Waals surface area contributed by atoms with E-state index in [2.05, 4.69) is 24.5 Å². The molecule has 0 aromatic rings. The van der Waals surface area contributed by atoms with Gasteiger partial charge in [0.05, 0.1) is 0 Å². The van der Waals surface area contributed by atoms with Crippen LogP contribution in [0.4, 0.5) is 21.7 Å². The van der Waals surface area contributed by atoms with E-state index in [1.54, 1.807) is 0 Å². The van der Waals surface area contributed by atoms with E-state index in [1.165, 1.54) is 32.1 Å². The molecule has 0 bridgehead atoms. The maximum absolute atomic E-state index is 11.2. The van der Waals surface area contributed by atoms with Crippen LogP contribution in [0.5, 0.6) is 0 Å². The molecule has 46 heavy (non-hydrogen) atoms. The van der Waals surface area contributed by atoms with Crippen molar-refractivity contribution < 1.29 is 80.4 Å². The van der Waals surface area contributed by atoms with Gasteiger partial charge in [-0.1, -0.05) is 52.4 Å². The molecule has 0 saturated heterocycles. The predicted octanol–water partition coefficient (Wildman–Crippen LogP) is -3.71. The first-order valence-electron chi connectivity index (χ1n) is 11.3. The Morgan fingerprint density at radius 3 is 0.804 bits per heavy atom. The first-order valence-corrected chi connectivity index (χ1v) is 37.1. The number of hydrogen-bond donors (Lipinski definition) is 14. The summed E-state index contributed by atoms with van der Waals surface area (Å²) in [5.74, 6) is 0. The Morgan fingerprint density at radius 1 is 0.413 bits per heavy atom. The van der Waals surface area contributed by atoms with Gasteiger partial charge in [0.15, 0.2) is 0 Å². The number of halogens is 6. The van der Waals surface area contributed by atoms with E-state index in [9.17, 15) is 21.7 Å². The van der Waals surface area contributed by atoms with Crippen molar-refractivity contribution in [2.45, 2.75) is 65.2 Å². The van der Waals surface area contributed by atoms with Crippen molar-refractivity contribution in [1.29, 1.82) is 0 Å². The standard InChI is InChI=1S/C13H28N2O.6FH.12H2O.6O.6Sb/c1-3-5-7-8-9-10-12-15-13(16)14-11-6-4-2;;;;;;;;;;;;;;;;;;;;;;;;;;;;;;/h3-12H2,1-2H3,(H2,14,15,16);6*1H;12*1H2;;;;;;;;;;;;/q;;;;;;;;;;;;;;;;;;;;;;;;;6*+3/p-18. The summed E-state index contributed by atoms with van der Waals surface area (Å²) in [7, 11) is 0. The van der Waals surface area contributed by atoms with Gasteiger partial charge in [-0.15, -0.1) is 0 Å². The van der Waals surface area contributed by atoms with Crippen LogP contribution in [-0.4, -0.2) is 181 Å². The van der Waals surface area contributed by atoms with Gasteiger partial charge in [0, 0.05) is 13.1 Å². The third-order valence-corrected chi connectivity index (χ3v) is 2.63. The van der Waals surface area contributed by atoms with Crippen LogP contribution in [0.15, 0.2) is 0 Å². The zero-order valence-corrected chi connectivity index (χ0v) is 39.1. The molecule has 0 fully saturated rings. The molecule has 288 valence electrons. The van der Waals surface area contributed by atoms with Gasteiger partial charge in [0.2, 0.25) is 0 Å². The number of unbranched alkanes of at least 4 members (excludes halogenated alkanes) is 6. The molecule has 14 N–H and O–H groups in total. The van der Waals surface area contributed by atoms with E-state index in [0.29, 0.717) is 0 Å². The average molecular weight is 1370 g/mol. The molecule has 33 heteroatoms. The zero-order valence-electron chi connectivity index (χ0n) is 23.7. The number of carbonyl (C=O) groups is 1. The molecule has 0 saturated carbocycles. The summed E-state index contributed by atoms with van der Waals surface area (Å²) in [4.78, 5) is 11.2. The fourth-order valence-electron chi connectivity index (χ4n) is 1.55. The first kappa shape index (κ1) is 63.1. The zero-order chi connectivity index (χ0) is 39.1. The Bertz CT molecular complexity index is 792. The summed E-state index contributed by atoms with van der Waals surface area (Å²) in [6.07, 6.45) is 9.78. The third-order valence-electron chi connectivity index (χ3n) is 2.63. The first-order chi connectivity index (χ1) is 19.8. The van der Waals surface area contributed by atoms with Crippen molar-refractivity contribution in [1.82, 2.24) is 10.6 Å². The van der Waals surface area contributed by atoms with Gasteiger partial charge >= 0.3 is 203 Å². The fraction of sp³-hybridized carbons (Fsp3) is 0.923. The van der Waals surface area contributed by atoms with Gasteiger partial charge in [-0.2, -0.15) is 0 Å². The second kappa shape index (κ2) is 35.5. The van der Waals surface area contributed by atoms with E-state index in [0.717, 1.165) is 32.4 Å². The van der Waals surface area contributed by atoms with Crippen molar-refractivity contribution in [2.24, 2.45) is 0 Å². The second-order valence-corrected chi connectivity index (χ2v) is 23.3.